The third-order valence-electron chi connectivity index (χ3n) is 4.19. The molecule has 0 spiro atoms. The second-order valence-electron chi connectivity index (χ2n) is 5.37. The summed E-state index contributed by atoms with van der Waals surface area (Å²) in [5.41, 5.74) is 7.38. The molecule has 1 fully saturated rings. The smallest absolute Gasteiger partial charge is 0.114 e. The normalized spacial score (nSPS) is 28.7. The number of nitrogens with two attached hydrogens (primary N) is 1. The zero-order valence-corrected chi connectivity index (χ0v) is 11.5. The molecular formula is C14H19N3S. The minimum absolute atomic E-state index is 0.199. The zero-order chi connectivity index (χ0) is 12.6. The van der Waals surface area contributed by atoms with Gasteiger partial charge in [-0.3, -0.25) is 4.98 Å². The van der Waals surface area contributed by atoms with E-state index in [9.17, 15) is 0 Å². The van der Waals surface area contributed by atoms with E-state index in [0.717, 1.165) is 29.3 Å². The Morgan fingerprint density at radius 1 is 1.44 bits per heavy atom. The number of thiazole rings is 1. The highest BCUT2D eigenvalue weighted by Crippen LogP contribution is 2.41. The van der Waals surface area contributed by atoms with Crippen molar-refractivity contribution in [3.05, 3.63) is 23.5 Å². The molecule has 3 rings (SSSR count). The van der Waals surface area contributed by atoms with Crippen LogP contribution in [0.5, 0.6) is 0 Å². The molecule has 18 heavy (non-hydrogen) atoms. The number of pyridine rings is 1. The zero-order valence-electron chi connectivity index (χ0n) is 10.7. The Hall–Kier alpha value is -1.00. The largest absolute Gasteiger partial charge is 0.319 e. The molecule has 3 nitrogen and oxygen atoms in total. The van der Waals surface area contributed by atoms with Crippen LogP contribution in [0.4, 0.5) is 0 Å². The van der Waals surface area contributed by atoms with Gasteiger partial charge in [0.25, 0.3) is 0 Å². The number of rotatable bonds is 2. The lowest BCUT2D eigenvalue weighted by Crippen LogP contribution is -2.40. The van der Waals surface area contributed by atoms with Crippen LogP contribution in [0.1, 0.15) is 44.0 Å². The number of hydrogen-bond acceptors (Lipinski definition) is 4. The Morgan fingerprint density at radius 3 is 2.89 bits per heavy atom. The van der Waals surface area contributed by atoms with Gasteiger partial charge in [0, 0.05) is 6.20 Å². The molecular weight excluding hydrogens is 242 g/mol. The van der Waals surface area contributed by atoms with Gasteiger partial charge in [0.05, 0.1) is 22.0 Å². The number of nitrogens with zero attached hydrogens (tertiary/aromatic N) is 2. The van der Waals surface area contributed by atoms with Crippen molar-refractivity contribution in [2.75, 3.05) is 0 Å². The summed E-state index contributed by atoms with van der Waals surface area (Å²) >= 11 is 1.74. The van der Waals surface area contributed by atoms with Gasteiger partial charge in [-0.25, -0.2) is 4.98 Å². The van der Waals surface area contributed by atoms with Crippen LogP contribution in [0.25, 0.3) is 10.2 Å². The third-order valence-corrected chi connectivity index (χ3v) is 5.45. The highest BCUT2D eigenvalue weighted by molar-refractivity contribution is 7.18. The molecule has 0 saturated heterocycles. The maximum atomic E-state index is 6.59. The Kier molecular flexibility index (Phi) is 3.08. The van der Waals surface area contributed by atoms with Crippen molar-refractivity contribution in [1.29, 1.82) is 0 Å². The first-order valence-electron chi connectivity index (χ1n) is 6.71. The highest BCUT2D eigenvalue weighted by Gasteiger charge is 2.35. The first-order valence-corrected chi connectivity index (χ1v) is 7.53. The van der Waals surface area contributed by atoms with Gasteiger partial charge in [0.1, 0.15) is 5.01 Å². The van der Waals surface area contributed by atoms with E-state index in [4.69, 9.17) is 10.7 Å². The molecule has 0 aliphatic heterocycles. The summed E-state index contributed by atoms with van der Waals surface area (Å²) in [6.07, 6.45) is 9.54. The molecule has 0 aromatic carbocycles. The summed E-state index contributed by atoms with van der Waals surface area (Å²) in [6, 6.07) is 2.03. The summed E-state index contributed by atoms with van der Waals surface area (Å²) in [5.74, 6) is 0.859. The molecule has 0 atom stereocenters. The van der Waals surface area contributed by atoms with Crippen molar-refractivity contribution in [1.82, 2.24) is 9.97 Å². The minimum atomic E-state index is -0.199. The molecule has 2 N–H and O–H groups in total. The van der Waals surface area contributed by atoms with Crippen molar-refractivity contribution in [3.63, 3.8) is 0 Å². The van der Waals surface area contributed by atoms with E-state index in [1.165, 1.54) is 24.0 Å². The van der Waals surface area contributed by atoms with Crippen LogP contribution in [0.15, 0.2) is 18.5 Å². The molecule has 1 saturated carbocycles. The quantitative estimate of drug-likeness (QED) is 0.901. The standard InChI is InChI=1S/C14H19N3S/c1-2-10-3-6-14(15,7-4-10)13-17-11-9-16-8-5-12(11)18-13/h5,8-10H,2-4,6-7,15H2,1H3. The molecule has 96 valence electrons. The predicted octanol–water partition coefficient (Wildman–Crippen LogP) is 3.45. The fourth-order valence-electron chi connectivity index (χ4n) is 2.81. The summed E-state index contributed by atoms with van der Waals surface area (Å²) in [7, 11) is 0. The van der Waals surface area contributed by atoms with E-state index in [2.05, 4.69) is 11.9 Å². The lowest BCUT2D eigenvalue weighted by molar-refractivity contribution is 0.231. The molecule has 0 amide bonds. The summed E-state index contributed by atoms with van der Waals surface area (Å²) in [6.45, 7) is 2.28. The number of hydrogen-bond donors (Lipinski definition) is 1. The minimum Gasteiger partial charge on any atom is -0.319 e. The molecule has 0 unspecified atom stereocenters. The van der Waals surface area contributed by atoms with Gasteiger partial charge >= 0.3 is 0 Å². The van der Waals surface area contributed by atoms with Gasteiger partial charge in [0.15, 0.2) is 0 Å². The van der Waals surface area contributed by atoms with Gasteiger partial charge in [-0.2, -0.15) is 0 Å². The van der Waals surface area contributed by atoms with Crippen LogP contribution in [0, 0.1) is 5.92 Å². The van der Waals surface area contributed by atoms with Crippen molar-refractivity contribution in [3.8, 4) is 0 Å². The van der Waals surface area contributed by atoms with Crippen molar-refractivity contribution in [2.45, 2.75) is 44.6 Å². The third kappa shape index (κ3) is 2.04. The second-order valence-corrected chi connectivity index (χ2v) is 6.40. The van der Waals surface area contributed by atoms with Crippen molar-refractivity contribution < 1.29 is 0 Å². The highest BCUT2D eigenvalue weighted by atomic mass is 32.1. The monoisotopic (exact) mass is 261 g/mol. The molecule has 2 aromatic heterocycles. The van der Waals surface area contributed by atoms with E-state index in [-0.39, 0.29) is 5.54 Å². The maximum absolute atomic E-state index is 6.59. The summed E-state index contributed by atoms with van der Waals surface area (Å²) in [5, 5.41) is 1.10. The van der Waals surface area contributed by atoms with Crippen LogP contribution >= 0.6 is 11.3 Å². The molecule has 4 heteroatoms. The van der Waals surface area contributed by atoms with Crippen LogP contribution in [0.3, 0.4) is 0 Å². The fraction of sp³-hybridized carbons (Fsp3) is 0.571. The van der Waals surface area contributed by atoms with Crippen molar-refractivity contribution in [2.24, 2.45) is 11.7 Å². The van der Waals surface area contributed by atoms with Crippen LogP contribution in [-0.2, 0) is 5.54 Å². The van der Waals surface area contributed by atoms with Crippen LogP contribution in [-0.4, -0.2) is 9.97 Å². The lowest BCUT2D eigenvalue weighted by atomic mass is 9.76. The van der Waals surface area contributed by atoms with Gasteiger partial charge in [-0.1, -0.05) is 13.3 Å². The van der Waals surface area contributed by atoms with Crippen LogP contribution in [0.2, 0.25) is 0 Å². The maximum Gasteiger partial charge on any atom is 0.114 e. The SMILES string of the molecule is CCC1CCC(N)(c2nc3cnccc3s2)CC1. The lowest BCUT2D eigenvalue weighted by Gasteiger charge is -2.35. The van der Waals surface area contributed by atoms with E-state index in [1.54, 1.807) is 11.3 Å². The van der Waals surface area contributed by atoms with E-state index in [1.807, 2.05) is 18.5 Å². The molecule has 1 aliphatic rings. The Labute approximate surface area is 111 Å². The van der Waals surface area contributed by atoms with Crippen LogP contribution < -0.4 is 5.73 Å². The number of aromatic nitrogens is 2. The first-order chi connectivity index (χ1) is 8.71. The first kappa shape index (κ1) is 12.1. The fourth-order valence-corrected chi connectivity index (χ4v) is 3.90. The molecule has 2 heterocycles. The second kappa shape index (κ2) is 4.59. The van der Waals surface area contributed by atoms with Gasteiger partial charge < -0.3 is 5.73 Å². The topological polar surface area (TPSA) is 51.8 Å². The molecule has 2 aromatic rings. The van der Waals surface area contributed by atoms with Gasteiger partial charge in [0.2, 0.25) is 0 Å². The van der Waals surface area contributed by atoms with Gasteiger partial charge in [-0.15, -0.1) is 11.3 Å². The molecule has 1 aliphatic carbocycles. The van der Waals surface area contributed by atoms with E-state index in [0.29, 0.717) is 0 Å². The van der Waals surface area contributed by atoms with E-state index < -0.39 is 0 Å². The van der Waals surface area contributed by atoms with Gasteiger partial charge in [-0.05, 0) is 37.7 Å². The Bertz CT molecular complexity index is 508. The average Bonchev–Trinajstić information content (AvgIpc) is 2.84. The molecule has 0 bridgehead atoms. The number of fused-ring (bicyclic) bond motifs is 1. The average molecular weight is 261 g/mol. The summed E-state index contributed by atoms with van der Waals surface area (Å²) < 4.78 is 1.20. The van der Waals surface area contributed by atoms with E-state index >= 15 is 0 Å². The Morgan fingerprint density at radius 2 is 2.22 bits per heavy atom. The predicted molar refractivity (Wildman–Crippen MR) is 75.5 cm³/mol. The van der Waals surface area contributed by atoms with Crippen molar-refractivity contribution >= 4 is 21.6 Å². The molecule has 0 radical (unpaired) electrons. The summed E-state index contributed by atoms with van der Waals surface area (Å²) in [4.78, 5) is 8.81. The Balaban J connectivity index is 1.89.